The van der Waals surface area contributed by atoms with E-state index >= 15 is 0 Å². The van der Waals surface area contributed by atoms with Gasteiger partial charge in [-0.3, -0.25) is 9.78 Å². The maximum Gasteiger partial charge on any atom is 0.270 e. The second-order valence-electron chi connectivity index (χ2n) is 5.41. The summed E-state index contributed by atoms with van der Waals surface area (Å²) in [5, 5.41) is 6.77. The molecule has 1 aliphatic rings. The van der Waals surface area contributed by atoms with Gasteiger partial charge in [-0.2, -0.15) is 0 Å². The van der Waals surface area contributed by atoms with Crippen LogP contribution >= 0.6 is 11.6 Å². The van der Waals surface area contributed by atoms with Crippen molar-refractivity contribution in [2.45, 2.75) is 18.9 Å². The van der Waals surface area contributed by atoms with Gasteiger partial charge in [0.25, 0.3) is 5.91 Å². The normalized spacial score (nSPS) is 17.0. The number of pyridine rings is 1. The number of aromatic nitrogens is 1. The molecule has 0 aliphatic carbocycles. The molecule has 1 aromatic carbocycles. The molecule has 0 bridgehead atoms. The summed E-state index contributed by atoms with van der Waals surface area (Å²) in [5.74, 6) is -0.194. The van der Waals surface area contributed by atoms with Crippen LogP contribution in [0.1, 0.15) is 23.3 Å². The average molecular weight is 332 g/mol. The summed E-state index contributed by atoms with van der Waals surface area (Å²) < 4.78 is 5.49. The molecule has 1 aliphatic heterocycles. The average Bonchev–Trinajstić information content (AvgIpc) is 3.08. The van der Waals surface area contributed by atoms with Crippen molar-refractivity contribution in [3.05, 3.63) is 53.3 Å². The van der Waals surface area contributed by atoms with Crippen LogP contribution in [0, 0.1) is 0 Å². The predicted octanol–water partition coefficient (Wildman–Crippen LogP) is 3.39. The molecule has 120 valence electrons. The molecule has 1 fully saturated rings. The molecule has 5 nitrogen and oxygen atoms in total. The minimum absolute atomic E-state index is 0.120. The fraction of sp³-hybridized carbons (Fsp3) is 0.294. The molecule has 1 aromatic heterocycles. The third-order valence-corrected chi connectivity index (χ3v) is 3.89. The molecule has 2 heterocycles. The molecule has 3 rings (SSSR count). The third kappa shape index (κ3) is 4.43. The summed E-state index contributed by atoms with van der Waals surface area (Å²) in [7, 11) is 0. The van der Waals surface area contributed by atoms with Gasteiger partial charge in [-0.05, 0) is 49.2 Å². The second kappa shape index (κ2) is 7.44. The van der Waals surface area contributed by atoms with Gasteiger partial charge in [0, 0.05) is 35.7 Å². The number of amides is 1. The van der Waals surface area contributed by atoms with Crippen molar-refractivity contribution >= 4 is 28.9 Å². The summed E-state index contributed by atoms with van der Waals surface area (Å²) in [6, 6.07) is 10.9. The second-order valence-corrected chi connectivity index (χ2v) is 5.84. The maximum absolute atomic E-state index is 12.2. The van der Waals surface area contributed by atoms with Crippen molar-refractivity contribution in [1.82, 2.24) is 10.3 Å². The molecule has 0 saturated carbocycles. The topological polar surface area (TPSA) is 63.2 Å². The molecule has 1 saturated heterocycles. The number of nitrogens with zero attached hydrogens (tertiary/aromatic N) is 1. The number of nitrogens with one attached hydrogen (secondary N) is 2. The standard InChI is InChI=1S/C17H18ClN3O2/c18-12-3-5-13(6-4-12)21-14-7-8-19-16(10-14)17(22)20-11-15-2-1-9-23-15/h3-8,10,15H,1-2,9,11H2,(H,19,21)(H,20,22). The zero-order valence-corrected chi connectivity index (χ0v) is 13.3. The first-order valence-corrected chi connectivity index (χ1v) is 7.97. The van der Waals surface area contributed by atoms with Crippen molar-refractivity contribution in [3.63, 3.8) is 0 Å². The van der Waals surface area contributed by atoms with E-state index in [1.54, 1.807) is 24.4 Å². The van der Waals surface area contributed by atoms with E-state index in [1.165, 1.54) is 0 Å². The maximum atomic E-state index is 12.2. The number of hydrogen-bond donors (Lipinski definition) is 2. The molecular weight excluding hydrogens is 314 g/mol. The molecule has 1 amide bonds. The van der Waals surface area contributed by atoms with E-state index in [0.717, 1.165) is 30.8 Å². The van der Waals surface area contributed by atoms with Crippen LogP contribution in [0.4, 0.5) is 11.4 Å². The molecule has 0 radical (unpaired) electrons. The number of anilines is 2. The van der Waals surface area contributed by atoms with Crippen molar-refractivity contribution in [1.29, 1.82) is 0 Å². The number of hydrogen-bond acceptors (Lipinski definition) is 4. The highest BCUT2D eigenvalue weighted by atomic mass is 35.5. The monoisotopic (exact) mass is 331 g/mol. The Morgan fingerprint density at radius 1 is 1.26 bits per heavy atom. The van der Waals surface area contributed by atoms with Gasteiger partial charge >= 0.3 is 0 Å². The Kier molecular flexibility index (Phi) is 5.10. The quantitative estimate of drug-likeness (QED) is 0.881. The van der Waals surface area contributed by atoms with E-state index in [0.29, 0.717) is 17.3 Å². The SMILES string of the molecule is O=C(NCC1CCCO1)c1cc(Nc2ccc(Cl)cc2)ccn1. The predicted molar refractivity (Wildman–Crippen MR) is 90.3 cm³/mol. The van der Waals surface area contributed by atoms with Gasteiger partial charge in [0.05, 0.1) is 6.10 Å². The van der Waals surface area contributed by atoms with Crippen LogP contribution in [0.25, 0.3) is 0 Å². The van der Waals surface area contributed by atoms with Crippen LogP contribution < -0.4 is 10.6 Å². The van der Waals surface area contributed by atoms with E-state index in [-0.39, 0.29) is 12.0 Å². The van der Waals surface area contributed by atoms with Crippen LogP contribution in [0.2, 0.25) is 5.02 Å². The van der Waals surface area contributed by atoms with Gasteiger partial charge in [-0.15, -0.1) is 0 Å². The largest absolute Gasteiger partial charge is 0.376 e. The highest BCUT2D eigenvalue weighted by Crippen LogP contribution is 2.19. The molecule has 2 aromatic rings. The smallest absolute Gasteiger partial charge is 0.270 e. The van der Waals surface area contributed by atoms with Crippen molar-refractivity contribution < 1.29 is 9.53 Å². The Bertz CT molecular complexity index is 670. The Labute approximate surface area is 140 Å². The lowest BCUT2D eigenvalue weighted by Gasteiger charge is -2.11. The van der Waals surface area contributed by atoms with Gasteiger partial charge in [-0.1, -0.05) is 11.6 Å². The first-order chi connectivity index (χ1) is 11.2. The summed E-state index contributed by atoms with van der Waals surface area (Å²) >= 11 is 5.87. The minimum Gasteiger partial charge on any atom is -0.376 e. The van der Waals surface area contributed by atoms with E-state index in [4.69, 9.17) is 16.3 Å². The molecule has 6 heteroatoms. The Hall–Kier alpha value is -2.11. The Balaban J connectivity index is 1.61. The molecule has 1 atom stereocenters. The van der Waals surface area contributed by atoms with E-state index < -0.39 is 0 Å². The van der Waals surface area contributed by atoms with E-state index in [9.17, 15) is 4.79 Å². The lowest BCUT2D eigenvalue weighted by molar-refractivity contribution is 0.0854. The Morgan fingerprint density at radius 2 is 2.09 bits per heavy atom. The van der Waals surface area contributed by atoms with Crippen molar-refractivity contribution in [2.24, 2.45) is 0 Å². The summed E-state index contributed by atoms with van der Waals surface area (Å²) in [6.45, 7) is 1.30. The van der Waals surface area contributed by atoms with Crippen LogP contribution in [0.3, 0.4) is 0 Å². The van der Waals surface area contributed by atoms with Crippen molar-refractivity contribution in [3.8, 4) is 0 Å². The zero-order chi connectivity index (χ0) is 16.1. The van der Waals surface area contributed by atoms with Gasteiger partial charge in [0.2, 0.25) is 0 Å². The molecule has 0 spiro atoms. The van der Waals surface area contributed by atoms with Gasteiger partial charge < -0.3 is 15.4 Å². The van der Waals surface area contributed by atoms with E-state index in [2.05, 4.69) is 15.6 Å². The highest BCUT2D eigenvalue weighted by Gasteiger charge is 2.17. The van der Waals surface area contributed by atoms with Crippen LogP contribution in [-0.2, 0) is 4.74 Å². The number of carbonyl (C=O) groups is 1. The molecule has 1 unspecified atom stereocenters. The third-order valence-electron chi connectivity index (χ3n) is 3.64. The molecular formula is C17H18ClN3O2. The lowest BCUT2D eigenvalue weighted by Crippen LogP contribution is -2.32. The Morgan fingerprint density at radius 3 is 2.83 bits per heavy atom. The van der Waals surface area contributed by atoms with Crippen LogP contribution in [0.15, 0.2) is 42.6 Å². The number of rotatable bonds is 5. The molecule has 23 heavy (non-hydrogen) atoms. The first kappa shape index (κ1) is 15.8. The number of carbonyl (C=O) groups excluding carboxylic acids is 1. The van der Waals surface area contributed by atoms with Crippen molar-refractivity contribution in [2.75, 3.05) is 18.5 Å². The molecule has 2 N–H and O–H groups in total. The zero-order valence-electron chi connectivity index (χ0n) is 12.6. The summed E-state index contributed by atoms with van der Waals surface area (Å²) in [6.07, 6.45) is 3.78. The van der Waals surface area contributed by atoms with E-state index in [1.807, 2.05) is 18.2 Å². The van der Waals surface area contributed by atoms with Gasteiger partial charge in [0.15, 0.2) is 0 Å². The number of benzene rings is 1. The fourth-order valence-electron chi connectivity index (χ4n) is 2.43. The fourth-order valence-corrected chi connectivity index (χ4v) is 2.56. The van der Waals surface area contributed by atoms with Gasteiger partial charge in [0.1, 0.15) is 5.69 Å². The van der Waals surface area contributed by atoms with Crippen LogP contribution in [-0.4, -0.2) is 30.1 Å². The minimum atomic E-state index is -0.194. The lowest BCUT2D eigenvalue weighted by atomic mass is 10.2. The highest BCUT2D eigenvalue weighted by molar-refractivity contribution is 6.30. The van der Waals surface area contributed by atoms with Crippen LogP contribution in [0.5, 0.6) is 0 Å². The number of halogens is 1. The van der Waals surface area contributed by atoms with Gasteiger partial charge in [-0.25, -0.2) is 0 Å². The summed E-state index contributed by atoms with van der Waals surface area (Å²) in [4.78, 5) is 16.3. The first-order valence-electron chi connectivity index (χ1n) is 7.59. The summed E-state index contributed by atoms with van der Waals surface area (Å²) in [5.41, 5.74) is 2.07. The number of ether oxygens (including phenoxy) is 1.